The van der Waals surface area contributed by atoms with Crippen molar-refractivity contribution in [3.63, 3.8) is 0 Å². The van der Waals surface area contributed by atoms with E-state index >= 15 is 0 Å². The lowest BCUT2D eigenvalue weighted by atomic mass is 10.1. The third kappa shape index (κ3) is 4.13. The lowest BCUT2D eigenvalue weighted by molar-refractivity contribution is 0.208. The lowest BCUT2D eigenvalue weighted by Gasteiger charge is -2.16. The molecule has 0 saturated carbocycles. The number of aryl methyl sites for hydroxylation is 1. The molecule has 0 aliphatic heterocycles. The molecule has 1 aromatic rings. The Morgan fingerprint density at radius 1 is 1.31 bits per heavy atom. The van der Waals surface area contributed by atoms with E-state index in [1.165, 1.54) is 24.8 Å². The number of hydrogen-bond acceptors (Lipinski definition) is 2. The van der Waals surface area contributed by atoms with Gasteiger partial charge >= 0.3 is 0 Å². The zero-order chi connectivity index (χ0) is 12.0. The molecule has 0 unspecified atom stereocenters. The minimum atomic E-state index is 0.247. The van der Waals surface area contributed by atoms with Crippen molar-refractivity contribution in [3.8, 4) is 5.75 Å². The third-order valence-corrected chi connectivity index (χ3v) is 2.71. The van der Waals surface area contributed by atoms with E-state index < -0.39 is 0 Å². The number of hydrogen-bond donors (Lipinski definition) is 1. The first kappa shape index (κ1) is 12.9. The molecular formula is C14H23NO. The third-order valence-electron chi connectivity index (χ3n) is 2.71. The van der Waals surface area contributed by atoms with E-state index in [0.717, 1.165) is 17.9 Å². The molecule has 0 aliphatic carbocycles. The van der Waals surface area contributed by atoms with Gasteiger partial charge in [-0.15, -0.1) is 0 Å². The second-order valence-corrected chi connectivity index (χ2v) is 4.47. The lowest BCUT2D eigenvalue weighted by Crippen LogP contribution is -2.12. The van der Waals surface area contributed by atoms with Gasteiger partial charge in [-0.3, -0.25) is 0 Å². The molecule has 1 rings (SSSR count). The molecule has 90 valence electrons. The Morgan fingerprint density at radius 2 is 2.06 bits per heavy atom. The van der Waals surface area contributed by atoms with Crippen molar-refractivity contribution in [2.24, 2.45) is 0 Å². The molecule has 16 heavy (non-hydrogen) atoms. The molecule has 1 aromatic carbocycles. The highest BCUT2D eigenvalue weighted by molar-refractivity contribution is 5.54. The molecular weight excluding hydrogens is 198 g/mol. The van der Waals surface area contributed by atoms with Crippen LogP contribution in [0.15, 0.2) is 18.2 Å². The van der Waals surface area contributed by atoms with E-state index in [2.05, 4.69) is 13.8 Å². The van der Waals surface area contributed by atoms with Gasteiger partial charge in [-0.25, -0.2) is 0 Å². The minimum absolute atomic E-state index is 0.247. The molecule has 0 amide bonds. The molecule has 0 saturated heterocycles. The maximum Gasteiger partial charge on any atom is 0.142 e. The average Bonchev–Trinajstić information content (AvgIpc) is 2.23. The zero-order valence-corrected chi connectivity index (χ0v) is 10.6. The highest BCUT2D eigenvalue weighted by Gasteiger charge is 2.06. The average molecular weight is 221 g/mol. The highest BCUT2D eigenvalue weighted by atomic mass is 16.5. The van der Waals surface area contributed by atoms with Gasteiger partial charge in [0.2, 0.25) is 0 Å². The van der Waals surface area contributed by atoms with Crippen molar-refractivity contribution in [3.05, 3.63) is 23.8 Å². The van der Waals surface area contributed by atoms with Crippen LogP contribution in [0.4, 0.5) is 5.69 Å². The molecule has 0 radical (unpaired) electrons. The van der Waals surface area contributed by atoms with E-state index in [4.69, 9.17) is 10.5 Å². The predicted molar refractivity (Wildman–Crippen MR) is 69.8 cm³/mol. The van der Waals surface area contributed by atoms with Gasteiger partial charge in [0.05, 0.1) is 11.8 Å². The Hall–Kier alpha value is -1.18. The van der Waals surface area contributed by atoms with Crippen LogP contribution in [0.5, 0.6) is 5.75 Å². The SMILES string of the molecule is CCCCC[C@H](C)Oc1ccc(C)cc1N. The smallest absolute Gasteiger partial charge is 0.142 e. The van der Waals surface area contributed by atoms with Crippen LogP contribution in [-0.2, 0) is 0 Å². The second kappa shape index (κ2) is 6.41. The Balaban J connectivity index is 2.46. The summed E-state index contributed by atoms with van der Waals surface area (Å²) < 4.78 is 5.82. The number of unbranched alkanes of at least 4 members (excludes halogenated alkanes) is 2. The Labute approximate surface area is 98.8 Å². The molecule has 0 bridgehead atoms. The van der Waals surface area contributed by atoms with Gasteiger partial charge in [0, 0.05) is 0 Å². The number of ether oxygens (including phenoxy) is 1. The standard InChI is InChI=1S/C14H23NO/c1-4-5-6-7-12(3)16-14-9-8-11(2)10-13(14)15/h8-10,12H,4-7,15H2,1-3H3/t12-/m0/s1. The van der Waals surface area contributed by atoms with E-state index in [1.807, 2.05) is 25.1 Å². The number of nitrogen functional groups attached to an aromatic ring is 1. The first-order valence-corrected chi connectivity index (χ1v) is 6.16. The first-order valence-electron chi connectivity index (χ1n) is 6.16. The maximum atomic E-state index is 5.90. The second-order valence-electron chi connectivity index (χ2n) is 4.47. The van der Waals surface area contributed by atoms with Crippen molar-refractivity contribution in [2.45, 2.75) is 52.6 Å². The Kier molecular flexibility index (Phi) is 5.17. The Morgan fingerprint density at radius 3 is 2.69 bits per heavy atom. The molecule has 0 fully saturated rings. The molecule has 0 aromatic heterocycles. The van der Waals surface area contributed by atoms with Gasteiger partial charge in [0.25, 0.3) is 0 Å². The fraction of sp³-hybridized carbons (Fsp3) is 0.571. The normalized spacial score (nSPS) is 12.4. The van der Waals surface area contributed by atoms with Crippen LogP contribution in [0.2, 0.25) is 0 Å². The van der Waals surface area contributed by atoms with Gasteiger partial charge in [-0.1, -0.05) is 25.8 Å². The largest absolute Gasteiger partial charge is 0.489 e. The molecule has 2 heteroatoms. The summed E-state index contributed by atoms with van der Waals surface area (Å²) in [6.07, 6.45) is 5.10. The van der Waals surface area contributed by atoms with E-state index in [9.17, 15) is 0 Å². The van der Waals surface area contributed by atoms with Gasteiger partial charge in [-0.05, 0) is 44.4 Å². The predicted octanol–water partition coefficient (Wildman–Crippen LogP) is 3.92. The summed E-state index contributed by atoms with van der Waals surface area (Å²) >= 11 is 0. The van der Waals surface area contributed by atoms with Crippen molar-refractivity contribution >= 4 is 5.69 Å². The fourth-order valence-electron chi connectivity index (χ4n) is 1.73. The van der Waals surface area contributed by atoms with Gasteiger partial charge in [0.15, 0.2) is 0 Å². The van der Waals surface area contributed by atoms with Crippen LogP contribution in [0, 0.1) is 6.92 Å². The minimum Gasteiger partial charge on any atom is -0.489 e. The monoisotopic (exact) mass is 221 g/mol. The quantitative estimate of drug-likeness (QED) is 0.583. The van der Waals surface area contributed by atoms with Crippen LogP contribution >= 0.6 is 0 Å². The van der Waals surface area contributed by atoms with Crippen LogP contribution in [-0.4, -0.2) is 6.10 Å². The van der Waals surface area contributed by atoms with Crippen molar-refractivity contribution in [1.82, 2.24) is 0 Å². The van der Waals surface area contributed by atoms with Crippen LogP contribution < -0.4 is 10.5 Å². The molecule has 0 spiro atoms. The first-order chi connectivity index (χ1) is 7.63. The summed E-state index contributed by atoms with van der Waals surface area (Å²) in [5.74, 6) is 0.814. The molecule has 0 aliphatic rings. The van der Waals surface area contributed by atoms with Crippen molar-refractivity contribution in [1.29, 1.82) is 0 Å². The van der Waals surface area contributed by atoms with Gasteiger partial charge < -0.3 is 10.5 Å². The summed E-state index contributed by atoms with van der Waals surface area (Å²) in [4.78, 5) is 0. The molecule has 2 nitrogen and oxygen atoms in total. The molecule has 2 N–H and O–H groups in total. The summed E-state index contributed by atoms with van der Waals surface area (Å²) in [6.45, 7) is 6.35. The van der Waals surface area contributed by atoms with Crippen LogP contribution in [0.3, 0.4) is 0 Å². The Bertz CT molecular complexity index is 323. The zero-order valence-electron chi connectivity index (χ0n) is 10.6. The van der Waals surface area contributed by atoms with E-state index in [-0.39, 0.29) is 6.10 Å². The topological polar surface area (TPSA) is 35.2 Å². The van der Waals surface area contributed by atoms with Crippen LogP contribution in [0.25, 0.3) is 0 Å². The number of rotatable bonds is 6. The fourth-order valence-corrected chi connectivity index (χ4v) is 1.73. The van der Waals surface area contributed by atoms with Crippen molar-refractivity contribution in [2.75, 3.05) is 5.73 Å². The maximum absolute atomic E-state index is 5.90. The summed E-state index contributed by atoms with van der Waals surface area (Å²) in [5, 5.41) is 0. The van der Waals surface area contributed by atoms with E-state index in [0.29, 0.717) is 0 Å². The summed E-state index contributed by atoms with van der Waals surface area (Å²) in [5.41, 5.74) is 7.81. The summed E-state index contributed by atoms with van der Waals surface area (Å²) in [7, 11) is 0. The van der Waals surface area contributed by atoms with E-state index in [1.54, 1.807) is 0 Å². The number of anilines is 1. The molecule has 0 heterocycles. The highest BCUT2D eigenvalue weighted by Crippen LogP contribution is 2.24. The van der Waals surface area contributed by atoms with Crippen LogP contribution in [0.1, 0.15) is 45.1 Å². The van der Waals surface area contributed by atoms with Gasteiger partial charge in [0.1, 0.15) is 5.75 Å². The molecule has 1 atom stereocenters. The number of benzene rings is 1. The van der Waals surface area contributed by atoms with Crippen molar-refractivity contribution < 1.29 is 4.74 Å². The number of nitrogens with two attached hydrogens (primary N) is 1. The van der Waals surface area contributed by atoms with Gasteiger partial charge in [-0.2, -0.15) is 0 Å². The summed E-state index contributed by atoms with van der Waals surface area (Å²) in [6, 6.07) is 5.94.